The molecule has 8 heteroatoms. The molecule has 2 heterocycles. The van der Waals surface area contributed by atoms with E-state index in [2.05, 4.69) is 19.9 Å². The number of nitrogen functional groups attached to an aromatic ring is 1. The van der Waals surface area contributed by atoms with E-state index in [0.29, 0.717) is 11.1 Å². The molecule has 0 atom stereocenters. The maximum Gasteiger partial charge on any atom is 0.240 e. The number of nitrogens with zero attached hydrogens (tertiary/aromatic N) is 5. The molecule has 2 aromatic heterocycles. The maximum atomic E-state index is 5.74. The van der Waals surface area contributed by atoms with E-state index in [1.807, 2.05) is 24.3 Å². The first kappa shape index (κ1) is 13.4. The molecule has 0 aliphatic carbocycles. The standard InChI is InChI=1S/C13H12N6OS/c1-20-9-2-4-10(5-3-9)21-13-17-11(14)16-12(18-13)19-7-6-15-8-19/h2-8H,1H3,(H2,14,16,17,18). The highest BCUT2D eigenvalue weighted by molar-refractivity contribution is 7.99. The minimum absolute atomic E-state index is 0.171. The van der Waals surface area contributed by atoms with Gasteiger partial charge in [-0.25, -0.2) is 4.98 Å². The Morgan fingerprint density at radius 3 is 2.62 bits per heavy atom. The molecule has 0 bridgehead atoms. The summed E-state index contributed by atoms with van der Waals surface area (Å²) in [5.74, 6) is 1.41. The number of imidazole rings is 1. The Morgan fingerprint density at radius 2 is 1.95 bits per heavy atom. The SMILES string of the molecule is COc1ccc(Sc2nc(N)nc(-n3ccnc3)n2)cc1. The van der Waals surface area contributed by atoms with Gasteiger partial charge in [0.25, 0.3) is 0 Å². The largest absolute Gasteiger partial charge is 0.497 e. The van der Waals surface area contributed by atoms with E-state index in [1.165, 1.54) is 11.8 Å². The molecule has 0 spiro atoms. The molecule has 0 aliphatic heterocycles. The number of hydrogen-bond acceptors (Lipinski definition) is 7. The summed E-state index contributed by atoms with van der Waals surface area (Å²) < 4.78 is 6.80. The Labute approximate surface area is 125 Å². The number of anilines is 1. The third-order valence-electron chi connectivity index (χ3n) is 2.62. The Hall–Kier alpha value is -2.61. The van der Waals surface area contributed by atoms with Gasteiger partial charge in [-0.05, 0) is 36.0 Å². The van der Waals surface area contributed by atoms with Gasteiger partial charge in [-0.1, -0.05) is 0 Å². The van der Waals surface area contributed by atoms with Crippen LogP contribution in [0.2, 0.25) is 0 Å². The Morgan fingerprint density at radius 1 is 1.14 bits per heavy atom. The van der Waals surface area contributed by atoms with Crippen LogP contribution in [0.25, 0.3) is 5.95 Å². The van der Waals surface area contributed by atoms with Crippen LogP contribution in [0.3, 0.4) is 0 Å². The lowest BCUT2D eigenvalue weighted by Crippen LogP contribution is -2.05. The van der Waals surface area contributed by atoms with Crippen LogP contribution in [0.4, 0.5) is 5.95 Å². The molecule has 21 heavy (non-hydrogen) atoms. The summed E-state index contributed by atoms with van der Waals surface area (Å²) in [6.07, 6.45) is 5.00. The van der Waals surface area contributed by atoms with Gasteiger partial charge in [0.15, 0.2) is 5.16 Å². The minimum atomic E-state index is 0.171. The van der Waals surface area contributed by atoms with Crippen molar-refractivity contribution in [1.82, 2.24) is 24.5 Å². The second-order valence-corrected chi connectivity index (χ2v) is 5.06. The fourth-order valence-electron chi connectivity index (χ4n) is 1.65. The molecular formula is C13H12N6OS. The van der Waals surface area contributed by atoms with Gasteiger partial charge >= 0.3 is 0 Å². The minimum Gasteiger partial charge on any atom is -0.497 e. The van der Waals surface area contributed by atoms with Gasteiger partial charge in [0, 0.05) is 17.3 Å². The first-order chi connectivity index (χ1) is 10.2. The summed E-state index contributed by atoms with van der Waals surface area (Å²) >= 11 is 1.40. The van der Waals surface area contributed by atoms with E-state index in [4.69, 9.17) is 10.5 Å². The predicted molar refractivity (Wildman–Crippen MR) is 78.5 cm³/mol. The molecule has 0 saturated heterocycles. The van der Waals surface area contributed by atoms with Crippen molar-refractivity contribution >= 4 is 17.7 Å². The molecule has 0 fully saturated rings. The smallest absolute Gasteiger partial charge is 0.240 e. The Kier molecular flexibility index (Phi) is 3.69. The molecule has 3 rings (SSSR count). The van der Waals surface area contributed by atoms with E-state index < -0.39 is 0 Å². The van der Waals surface area contributed by atoms with Crippen LogP contribution in [-0.2, 0) is 0 Å². The zero-order valence-electron chi connectivity index (χ0n) is 11.2. The van der Waals surface area contributed by atoms with E-state index in [0.717, 1.165) is 10.6 Å². The quantitative estimate of drug-likeness (QED) is 0.785. The molecule has 1 aromatic carbocycles. The van der Waals surface area contributed by atoms with Crippen molar-refractivity contribution in [3.8, 4) is 11.7 Å². The molecule has 0 amide bonds. The lowest BCUT2D eigenvalue weighted by atomic mass is 10.3. The second kappa shape index (κ2) is 5.80. The van der Waals surface area contributed by atoms with Gasteiger partial charge in [0.05, 0.1) is 7.11 Å². The van der Waals surface area contributed by atoms with Crippen LogP contribution >= 0.6 is 11.8 Å². The lowest BCUT2D eigenvalue weighted by molar-refractivity contribution is 0.414. The third kappa shape index (κ3) is 3.11. The highest BCUT2D eigenvalue weighted by atomic mass is 32.2. The average molecular weight is 300 g/mol. The molecule has 7 nitrogen and oxygen atoms in total. The molecule has 0 saturated carbocycles. The molecule has 2 N–H and O–H groups in total. The molecule has 3 aromatic rings. The van der Waals surface area contributed by atoms with Crippen LogP contribution in [-0.4, -0.2) is 31.6 Å². The average Bonchev–Trinajstić information content (AvgIpc) is 3.02. The van der Waals surface area contributed by atoms with Crippen LogP contribution in [0, 0.1) is 0 Å². The number of hydrogen-bond donors (Lipinski definition) is 1. The van der Waals surface area contributed by atoms with E-state index in [9.17, 15) is 0 Å². The molecule has 106 valence electrons. The predicted octanol–water partition coefficient (Wildman–Crippen LogP) is 1.80. The van der Waals surface area contributed by atoms with Gasteiger partial charge in [-0.3, -0.25) is 4.57 Å². The number of methoxy groups -OCH3 is 1. The maximum absolute atomic E-state index is 5.74. The van der Waals surface area contributed by atoms with Gasteiger partial charge in [0.1, 0.15) is 12.1 Å². The normalized spacial score (nSPS) is 10.5. The van der Waals surface area contributed by atoms with E-state index in [1.54, 1.807) is 30.4 Å². The summed E-state index contributed by atoms with van der Waals surface area (Å²) in [7, 11) is 1.63. The summed E-state index contributed by atoms with van der Waals surface area (Å²) in [6, 6.07) is 7.62. The molecule has 0 unspecified atom stereocenters. The topological polar surface area (TPSA) is 91.7 Å². The van der Waals surface area contributed by atoms with Gasteiger partial charge < -0.3 is 10.5 Å². The first-order valence-corrected chi connectivity index (χ1v) is 6.88. The van der Waals surface area contributed by atoms with E-state index in [-0.39, 0.29) is 5.95 Å². The van der Waals surface area contributed by atoms with Crippen LogP contribution in [0.5, 0.6) is 5.75 Å². The number of rotatable bonds is 4. The monoisotopic (exact) mass is 300 g/mol. The number of benzene rings is 1. The van der Waals surface area contributed by atoms with Crippen molar-refractivity contribution < 1.29 is 4.74 Å². The van der Waals surface area contributed by atoms with Crippen molar-refractivity contribution in [3.63, 3.8) is 0 Å². The molecule has 0 radical (unpaired) electrons. The van der Waals surface area contributed by atoms with Gasteiger partial charge in [-0.2, -0.15) is 15.0 Å². The zero-order valence-corrected chi connectivity index (χ0v) is 12.0. The number of nitrogens with two attached hydrogens (primary N) is 1. The summed E-state index contributed by atoms with van der Waals surface area (Å²) in [5, 5.41) is 0.524. The fraction of sp³-hybridized carbons (Fsp3) is 0.0769. The fourth-order valence-corrected chi connectivity index (χ4v) is 2.40. The van der Waals surface area contributed by atoms with E-state index >= 15 is 0 Å². The van der Waals surface area contributed by atoms with Crippen molar-refractivity contribution in [2.75, 3.05) is 12.8 Å². The van der Waals surface area contributed by atoms with Crippen LogP contribution in [0.1, 0.15) is 0 Å². The van der Waals surface area contributed by atoms with Gasteiger partial charge in [-0.15, -0.1) is 0 Å². The zero-order chi connectivity index (χ0) is 14.7. The summed E-state index contributed by atoms with van der Waals surface area (Å²) in [6.45, 7) is 0. The Bertz CT molecular complexity index is 729. The first-order valence-electron chi connectivity index (χ1n) is 6.06. The lowest BCUT2D eigenvalue weighted by Gasteiger charge is -2.05. The van der Waals surface area contributed by atoms with Crippen molar-refractivity contribution in [3.05, 3.63) is 43.0 Å². The number of aromatic nitrogens is 5. The van der Waals surface area contributed by atoms with Crippen molar-refractivity contribution in [2.45, 2.75) is 10.1 Å². The Balaban J connectivity index is 1.88. The van der Waals surface area contributed by atoms with Crippen molar-refractivity contribution in [1.29, 1.82) is 0 Å². The van der Waals surface area contributed by atoms with Crippen LogP contribution < -0.4 is 10.5 Å². The highest BCUT2D eigenvalue weighted by Gasteiger charge is 2.08. The molecule has 0 aliphatic rings. The number of ether oxygens (including phenoxy) is 1. The third-order valence-corrected chi connectivity index (χ3v) is 3.50. The summed E-state index contributed by atoms with van der Waals surface area (Å²) in [5.41, 5.74) is 5.74. The summed E-state index contributed by atoms with van der Waals surface area (Å²) in [4.78, 5) is 17.5. The van der Waals surface area contributed by atoms with Crippen LogP contribution in [0.15, 0.2) is 53.0 Å². The van der Waals surface area contributed by atoms with Gasteiger partial charge in [0.2, 0.25) is 11.9 Å². The molecular weight excluding hydrogens is 288 g/mol. The van der Waals surface area contributed by atoms with Crippen molar-refractivity contribution in [2.24, 2.45) is 0 Å². The second-order valence-electron chi connectivity index (χ2n) is 4.02. The highest BCUT2D eigenvalue weighted by Crippen LogP contribution is 2.27.